The second-order valence-corrected chi connectivity index (χ2v) is 5.96. The molecule has 3 N–H and O–H groups in total. The molecule has 0 aliphatic carbocycles. The lowest BCUT2D eigenvalue weighted by molar-refractivity contribution is 0.0954. The van der Waals surface area contributed by atoms with E-state index in [0.29, 0.717) is 24.6 Å². The van der Waals surface area contributed by atoms with Crippen molar-refractivity contribution < 1.29 is 4.79 Å². The van der Waals surface area contributed by atoms with E-state index in [4.69, 9.17) is 0 Å². The van der Waals surface area contributed by atoms with Crippen LogP contribution >= 0.6 is 15.9 Å². The van der Waals surface area contributed by atoms with Crippen molar-refractivity contribution in [1.29, 1.82) is 0 Å². The van der Waals surface area contributed by atoms with E-state index in [0.717, 1.165) is 17.0 Å². The lowest BCUT2D eigenvalue weighted by Gasteiger charge is -2.13. The molecule has 0 spiro atoms. The van der Waals surface area contributed by atoms with Gasteiger partial charge in [-0.05, 0) is 24.1 Å². The van der Waals surface area contributed by atoms with Crippen LogP contribution in [0.2, 0.25) is 0 Å². The molecule has 0 saturated carbocycles. The van der Waals surface area contributed by atoms with E-state index in [-0.39, 0.29) is 5.91 Å². The van der Waals surface area contributed by atoms with Crippen molar-refractivity contribution in [2.45, 2.75) is 13.8 Å². The van der Waals surface area contributed by atoms with Crippen molar-refractivity contribution in [1.82, 2.24) is 16.0 Å². The fourth-order valence-electron chi connectivity index (χ4n) is 1.61. The fourth-order valence-corrected chi connectivity index (χ4v) is 2.01. The van der Waals surface area contributed by atoms with Crippen molar-refractivity contribution in [3.63, 3.8) is 0 Å². The lowest BCUT2D eigenvalue weighted by Crippen LogP contribution is -2.42. The molecule has 0 saturated heterocycles. The van der Waals surface area contributed by atoms with Gasteiger partial charge in [0.15, 0.2) is 5.96 Å². The molecule has 0 atom stereocenters. The van der Waals surface area contributed by atoms with Crippen molar-refractivity contribution in [3.8, 4) is 0 Å². The van der Waals surface area contributed by atoms with Gasteiger partial charge < -0.3 is 16.0 Å². The number of amides is 1. The van der Waals surface area contributed by atoms with Gasteiger partial charge in [0.2, 0.25) is 0 Å². The monoisotopic (exact) mass is 354 g/mol. The van der Waals surface area contributed by atoms with Crippen LogP contribution in [0.1, 0.15) is 24.2 Å². The molecular formula is C15H23BrN4O. The average Bonchev–Trinajstić information content (AvgIpc) is 2.46. The summed E-state index contributed by atoms with van der Waals surface area (Å²) in [6.45, 7) is 6.30. The Labute approximate surface area is 134 Å². The Morgan fingerprint density at radius 2 is 1.95 bits per heavy atom. The lowest BCUT2D eigenvalue weighted by atomic mass is 10.2. The second-order valence-electron chi connectivity index (χ2n) is 5.04. The van der Waals surface area contributed by atoms with Crippen LogP contribution in [0.5, 0.6) is 0 Å². The summed E-state index contributed by atoms with van der Waals surface area (Å²) in [6, 6.07) is 7.32. The molecular weight excluding hydrogens is 332 g/mol. The van der Waals surface area contributed by atoms with E-state index in [2.05, 4.69) is 50.7 Å². The second kappa shape index (κ2) is 9.39. The van der Waals surface area contributed by atoms with E-state index in [1.165, 1.54) is 0 Å². The molecule has 0 unspecified atom stereocenters. The molecule has 0 aliphatic heterocycles. The molecule has 21 heavy (non-hydrogen) atoms. The van der Waals surface area contributed by atoms with Crippen LogP contribution in [-0.2, 0) is 0 Å². The molecule has 6 heteroatoms. The number of aliphatic imine (C=N–C) groups is 1. The Hall–Kier alpha value is -1.56. The number of guanidine groups is 1. The SMILES string of the molecule is CN=C(NCCNC(=O)c1cccc(Br)c1)NCC(C)C. The number of nitrogens with zero attached hydrogens (tertiary/aromatic N) is 1. The third-order valence-electron chi connectivity index (χ3n) is 2.69. The highest BCUT2D eigenvalue weighted by Gasteiger charge is 2.05. The highest BCUT2D eigenvalue weighted by molar-refractivity contribution is 9.10. The summed E-state index contributed by atoms with van der Waals surface area (Å²) < 4.78 is 0.895. The average molecular weight is 355 g/mol. The molecule has 116 valence electrons. The minimum absolute atomic E-state index is 0.0803. The molecule has 1 aromatic rings. The van der Waals surface area contributed by atoms with Crippen molar-refractivity contribution in [2.75, 3.05) is 26.7 Å². The summed E-state index contributed by atoms with van der Waals surface area (Å²) in [5.41, 5.74) is 0.645. The predicted molar refractivity (Wildman–Crippen MR) is 90.7 cm³/mol. The Kier molecular flexibility index (Phi) is 7.82. The third-order valence-corrected chi connectivity index (χ3v) is 3.18. The van der Waals surface area contributed by atoms with Crippen molar-refractivity contribution >= 4 is 27.8 Å². The van der Waals surface area contributed by atoms with E-state index in [1.807, 2.05) is 12.1 Å². The van der Waals surface area contributed by atoms with Crippen LogP contribution in [0.3, 0.4) is 0 Å². The van der Waals surface area contributed by atoms with Crippen LogP contribution in [0.4, 0.5) is 0 Å². The van der Waals surface area contributed by atoms with Gasteiger partial charge in [0.1, 0.15) is 0 Å². The molecule has 0 fully saturated rings. The minimum atomic E-state index is -0.0803. The van der Waals surface area contributed by atoms with Gasteiger partial charge >= 0.3 is 0 Å². The Bertz CT molecular complexity index is 488. The number of carbonyl (C=O) groups is 1. The standard InChI is InChI=1S/C15H23BrN4O/c1-11(2)10-20-15(17-3)19-8-7-18-14(21)12-5-4-6-13(16)9-12/h4-6,9,11H,7-8,10H2,1-3H3,(H,18,21)(H2,17,19,20). The number of hydrogen-bond acceptors (Lipinski definition) is 2. The topological polar surface area (TPSA) is 65.5 Å². The van der Waals surface area contributed by atoms with Gasteiger partial charge in [-0.1, -0.05) is 35.8 Å². The number of hydrogen-bond donors (Lipinski definition) is 3. The number of benzene rings is 1. The van der Waals surface area contributed by atoms with Crippen LogP contribution in [0, 0.1) is 5.92 Å². The molecule has 0 bridgehead atoms. The molecule has 1 aromatic carbocycles. The van der Waals surface area contributed by atoms with Gasteiger partial charge in [-0.2, -0.15) is 0 Å². The van der Waals surface area contributed by atoms with Crippen LogP contribution in [-0.4, -0.2) is 38.5 Å². The van der Waals surface area contributed by atoms with E-state index in [9.17, 15) is 4.79 Å². The largest absolute Gasteiger partial charge is 0.356 e. The molecule has 0 aromatic heterocycles. The van der Waals surface area contributed by atoms with Crippen LogP contribution < -0.4 is 16.0 Å². The van der Waals surface area contributed by atoms with Gasteiger partial charge in [-0.15, -0.1) is 0 Å². The normalized spacial score (nSPS) is 11.4. The molecule has 1 rings (SSSR count). The number of nitrogens with one attached hydrogen (secondary N) is 3. The van der Waals surface area contributed by atoms with Crippen LogP contribution in [0.25, 0.3) is 0 Å². The van der Waals surface area contributed by atoms with E-state index in [1.54, 1.807) is 19.2 Å². The maximum atomic E-state index is 11.9. The Morgan fingerprint density at radius 1 is 1.24 bits per heavy atom. The molecule has 5 nitrogen and oxygen atoms in total. The minimum Gasteiger partial charge on any atom is -0.356 e. The van der Waals surface area contributed by atoms with Gasteiger partial charge in [0, 0.05) is 36.7 Å². The van der Waals surface area contributed by atoms with Gasteiger partial charge in [-0.3, -0.25) is 9.79 Å². The van der Waals surface area contributed by atoms with Gasteiger partial charge in [0.25, 0.3) is 5.91 Å². The first kappa shape index (κ1) is 17.5. The highest BCUT2D eigenvalue weighted by Crippen LogP contribution is 2.11. The smallest absolute Gasteiger partial charge is 0.251 e. The number of halogens is 1. The molecule has 0 heterocycles. The quantitative estimate of drug-likeness (QED) is 0.416. The summed E-state index contributed by atoms with van der Waals surface area (Å²) >= 11 is 3.35. The van der Waals surface area contributed by atoms with Gasteiger partial charge in [0.05, 0.1) is 0 Å². The maximum absolute atomic E-state index is 11.9. The first-order valence-corrected chi connectivity index (χ1v) is 7.80. The summed E-state index contributed by atoms with van der Waals surface area (Å²) in [5, 5.41) is 9.24. The van der Waals surface area contributed by atoms with E-state index < -0.39 is 0 Å². The first-order chi connectivity index (χ1) is 10.0. The molecule has 1 amide bonds. The fraction of sp³-hybridized carbons (Fsp3) is 0.467. The van der Waals surface area contributed by atoms with Gasteiger partial charge in [-0.25, -0.2) is 0 Å². The zero-order valence-electron chi connectivity index (χ0n) is 12.7. The zero-order chi connectivity index (χ0) is 15.7. The first-order valence-electron chi connectivity index (χ1n) is 7.01. The summed E-state index contributed by atoms with van der Waals surface area (Å²) in [6.07, 6.45) is 0. The number of rotatable bonds is 6. The number of carbonyl (C=O) groups excluding carboxylic acids is 1. The summed E-state index contributed by atoms with van der Waals surface area (Å²) in [7, 11) is 1.73. The zero-order valence-corrected chi connectivity index (χ0v) is 14.3. The molecule has 0 aliphatic rings. The summed E-state index contributed by atoms with van der Waals surface area (Å²) in [5.74, 6) is 1.23. The Morgan fingerprint density at radius 3 is 2.57 bits per heavy atom. The van der Waals surface area contributed by atoms with E-state index >= 15 is 0 Å². The maximum Gasteiger partial charge on any atom is 0.251 e. The third kappa shape index (κ3) is 7.13. The Balaban J connectivity index is 2.28. The van der Waals surface area contributed by atoms with Crippen LogP contribution in [0.15, 0.2) is 33.7 Å². The molecule has 0 radical (unpaired) electrons. The van der Waals surface area contributed by atoms with Crippen molar-refractivity contribution in [3.05, 3.63) is 34.3 Å². The summed E-state index contributed by atoms with van der Waals surface area (Å²) in [4.78, 5) is 16.0. The predicted octanol–water partition coefficient (Wildman–Crippen LogP) is 2.00. The van der Waals surface area contributed by atoms with Crippen molar-refractivity contribution in [2.24, 2.45) is 10.9 Å². The highest BCUT2D eigenvalue weighted by atomic mass is 79.9.